The van der Waals surface area contributed by atoms with Crippen LogP contribution in [-0.2, 0) is 11.3 Å². The molecule has 1 saturated heterocycles. The van der Waals surface area contributed by atoms with E-state index < -0.39 is 0 Å². The number of aryl methyl sites for hydroxylation is 2. The van der Waals surface area contributed by atoms with Crippen molar-refractivity contribution in [2.45, 2.75) is 67.0 Å². The van der Waals surface area contributed by atoms with E-state index in [1.807, 2.05) is 32.9 Å². The van der Waals surface area contributed by atoms with Crippen LogP contribution in [0.1, 0.15) is 78.1 Å². The number of aromatic nitrogens is 2. The lowest BCUT2D eigenvalue weighted by atomic mass is 10.0. The fourth-order valence-electron chi connectivity index (χ4n) is 6.56. The van der Waals surface area contributed by atoms with E-state index in [1.54, 1.807) is 0 Å². The molecule has 0 saturated carbocycles. The molecule has 1 aliphatic heterocycles. The molecule has 0 aliphatic carbocycles. The van der Waals surface area contributed by atoms with E-state index in [0.29, 0.717) is 24.3 Å². The fraction of sp³-hybridized carbons (Fsp3) is 0.444. The molecule has 0 spiro atoms. The number of carbonyl (C=O) groups excluding carboxylic acids is 1. The maximum absolute atomic E-state index is 13.7. The summed E-state index contributed by atoms with van der Waals surface area (Å²) >= 11 is 0. The van der Waals surface area contributed by atoms with E-state index in [-0.39, 0.29) is 24.1 Å². The zero-order chi connectivity index (χ0) is 31.4. The van der Waals surface area contributed by atoms with Gasteiger partial charge in [-0.3, -0.25) is 14.5 Å². The predicted octanol–water partition coefficient (Wildman–Crippen LogP) is 6.17. The number of anilines is 1. The number of fused-ring (bicyclic) bond motifs is 1. The Balaban J connectivity index is 1.52. The van der Waals surface area contributed by atoms with Crippen molar-refractivity contribution in [2.75, 3.05) is 44.3 Å². The molecule has 3 aromatic heterocycles. The molecule has 1 aromatic carbocycles. The van der Waals surface area contributed by atoms with Crippen molar-refractivity contribution in [3.8, 4) is 11.1 Å². The van der Waals surface area contributed by atoms with Gasteiger partial charge in [0.25, 0.3) is 11.5 Å². The zero-order valence-corrected chi connectivity index (χ0v) is 27.1. The summed E-state index contributed by atoms with van der Waals surface area (Å²) in [6, 6.07) is 15.0. The van der Waals surface area contributed by atoms with Crippen molar-refractivity contribution in [1.82, 2.24) is 19.6 Å². The number of morpholine rings is 1. The van der Waals surface area contributed by atoms with Gasteiger partial charge in [0.05, 0.1) is 13.2 Å². The Labute approximate surface area is 261 Å². The third kappa shape index (κ3) is 6.61. The molecule has 1 amide bonds. The SMILES string of the molecule is CCCN(CCC)c1ccc(-c2cc3cc(C(=O)NCc4c(C)cc(C)[nH]c4=O)c(C)c(C(C)N4CCOCC4)n3c2)cc1. The Hall–Kier alpha value is -3.88. The predicted molar refractivity (Wildman–Crippen MR) is 179 cm³/mol. The number of hydrogen-bond acceptors (Lipinski definition) is 5. The molecule has 0 bridgehead atoms. The van der Waals surface area contributed by atoms with E-state index in [0.717, 1.165) is 78.2 Å². The van der Waals surface area contributed by atoms with Crippen molar-refractivity contribution >= 4 is 17.1 Å². The summed E-state index contributed by atoms with van der Waals surface area (Å²) in [4.78, 5) is 34.1. The molecule has 1 aliphatic rings. The maximum Gasteiger partial charge on any atom is 0.253 e. The Morgan fingerprint density at radius 1 is 1.00 bits per heavy atom. The molecule has 44 heavy (non-hydrogen) atoms. The minimum Gasteiger partial charge on any atom is -0.379 e. The summed E-state index contributed by atoms with van der Waals surface area (Å²) in [5.74, 6) is -0.182. The maximum atomic E-state index is 13.7. The van der Waals surface area contributed by atoms with Crippen LogP contribution in [0.4, 0.5) is 5.69 Å². The number of nitrogens with zero attached hydrogens (tertiary/aromatic N) is 3. The van der Waals surface area contributed by atoms with Crippen LogP contribution in [0.25, 0.3) is 16.6 Å². The van der Waals surface area contributed by atoms with Crippen LogP contribution in [0.2, 0.25) is 0 Å². The standard InChI is InChI=1S/C36H47N5O3/c1-7-13-40(14-8-2)30-11-9-28(10-12-30)29-20-31-21-32(35(42)37-22-33-24(3)19-25(4)38-36(33)43)26(5)34(41(31)23-29)27(6)39-15-17-44-18-16-39/h9-12,19-21,23,27H,7-8,13-18,22H2,1-6H3,(H,37,42)(H,38,43). The highest BCUT2D eigenvalue weighted by atomic mass is 16.5. The summed E-state index contributed by atoms with van der Waals surface area (Å²) in [7, 11) is 0. The number of benzene rings is 1. The molecule has 5 rings (SSSR count). The van der Waals surface area contributed by atoms with Gasteiger partial charge < -0.3 is 24.3 Å². The van der Waals surface area contributed by atoms with E-state index in [4.69, 9.17) is 4.74 Å². The number of rotatable bonds is 11. The van der Waals surface area contributed by atoms with Crippen LogP contribution in [0.3, 0.4) is 0 Å². The van der Waals surface area contributed by atoms with Crippen molar-refractivity contribution < 1.29 is 9.53 Å². The van der Waals surface area contributed by atoms with E-state index in [9.17, 15) is 9.59 Å². The van der Waals surface area contributed by atoms with Crippen molar-refractivity contribution in [3.63, 3.8) is 0 Å². The topological polar surface area (TPSA) is 82.1 Å². The molecule has 8 nitrogen and oxygen atoms in total. The lowest BCUT2D eigenvalue weighted by molar-refractivity contribution is 0.0187. The highest BCUT2D eigenvalue weighted by Crippen LogP contribution is 2.33. The second kappa shape index (κ2) is 13.8. The fourth-order valence-corrected chi connectivity index (χ4v) is 6.56. The summed E-state index contributed by atoms with van der Waals surface area (Å²) in [5.41, 5.74) is 9.24. The van der Waals surface area contributed by atoms with Gasteiger partial charge in [-0.1, -0.05) is 26.0 Å². The monoisotopic (exact) mass is 597 g/mol. The smallest absolute Gasteiger partial charge is 0.253 e. The zero-order valence-electron chi connectivity index (χ0n) is 27.1. The van der Waals surface area contributed by atoms with Crippen LogP contribution in [0.15, 0.2) is 53.5 Å². The highest BCUT2D eigenvalue weighted by Gasteiger charge is 2.26. The largest absolute Gasteiger partial charge is 0.379 e. The Bertz CT molecular complexity index is 1660. The second-order valence-electron chi connectivity index (χ2n) is 12.1. The van der Waals surface area contributed by atoms with Crippen LogP contribution in [0, 0.1) is 20.8 Å². The van der Waals surface area contributed by atoms with Crippen LogP contribution in [-0.4, -0.2) is 59.6 Å². The van der Waals surface area contributed by atoms with Gasteiger partial charge in [-0.15, -0.1) is 0 Å². The first-order valence-electron chi connectivity index (χ1n) is 16.0. The van der Waals surface area contributed by atoms with Crippen LogP contribution < -0.4 is 15.8 Å². The molecule has 0 radical (unpaired) electrons. The van der Waals surface area contributed by atoms with Crippen LogP contribution >= 0.6 is 0 Å². The van der Waals surface area contributed by atoms with E-state index in [1.165, 1.54) is 5.69 Å². The summed E-state index contributed by atoms with van der Waals surface area (Å²) in [6.07, 6.45) is 4.44. The third-order valence-corrected chi connectivity index (χ3v) is 8.90. The summed E-state index contributed by atoms with van der Waals surface area (Å²) in [5, 5.41) is 3.04. The van der Waals surface area contributed by atoms with Crippen molar-refractivity contribution in [1.29, 1.82) is 0 Å². The van der Waals surface area contributed by atoms with Crippen molar-refractivity contribution in [2.24, 2.45) is 0 Å². The Morgan fingerprint density at radius 3 is 2.32 bits per heavy atom. The quantitative estimate of drug-likeness (QED) is 0.216. The van der Waals surface area contributed by atoms with E-state index in [2.05, 4.69) is 81.8 Å². The highest BCUT2D eigenvalue weighted by molar-refractivity contribution is 5.97. The minimum atomic E-state index is -0.182. The molecule has 4 aromatic rings. The third-order valence-electron chi connectivity index (χ3n) is 8.90. The lowest BCUT2D eigenvalue weighted by Gasteiger charge is -2.34. The lowest BCUT2D eigenvalue weighted by Crippen LogP contribution is -2.39. The number of hydrogen-bond donors (Lipinski definition) is 2. The normalized spacial score (nSPS) is 14.6. The van der Waals surface area contributed by atoms with Gasteiger partial charge in [-0.2, -0.15) is 0 Å². The number of aromatic amines is 1. The van der Waals surface area contributed by atoms with Gasteiger partial charge in [0.1, 0.15) is 0 Å². The number of amides is 1. The van der Waals surface area contributed by atoms with Gasteiger partial charge in [0.2, 0.25) is 0 Å². The average molecular weight is 598 g/mol. The van der Waals surface area contributed by atoms with E-state index >= 15 is 0 Å². The minimum absolute atomic E-state index is 0.0793. The van der Waals surface area contributed by atoms with Gasteiger partial charge in [0.15, 0.2) is 0 Å². The molecule has 2 N–H and O–H groups in total. The molecular formula is C36H47N5O3. The molecule has 1 unspecified atom stereocenters. The summed E-state index contributed by atoms with van der Waals surface area (Å²) < 4.78 is 7.90. The number of pyridine rings is 2. The molecule has 1 atom stereocenters. The van der Waals surface area contributed by atoms with Crippen molar-refractivity contribution in [3.05, 3.63) is 92.7 Å². The Kier molecular flexibility index (Phi) is 9.91. The number of H-pyrrole nitrogens is 1. The van der Waals surface area contributed by atoms with Gasteiger partial charge >= 0.3 is 0 Å². The average Bonchev–Trinajstić information content (AvgIpc) is 3.44. The summed E-state index contributed by atoms with van der Waals surface area (Å²) in [6.45, 7) is 17.8. The molecular weight excluding hydrogens is 550 g/mol. The van der Waals surface area contributed by atoms with Crippen LogP contribution in [0.5, 0.6) is 0 Å². The van der Waals surface area contributed by atoms with Gasteiger partial charge in [-0.05, 0) is 87.6 Å². The second-order valence-corrected chi connectivity index (χ2v) is 12.1. The first kappa shape index (κ1) is 31.5. The number of ether oxygens (including phenoxy) is 1. The number of carbonyl (C=O) groups is 1. The first-order valence-corrected chi connectivity index (χ1v) is 16.0. The van der Waals surface area contributed by atoms with Gasteiger partial charge in [-0.25, -0.2) is 0 Å². The molecule has 1 fully saturated rings. The van der Waals surface area contributed by atoms with Gasteiger partial charge in [0, 0.05) is 84.2 Å². The molecule has 4 heterocycles. The molecule has 234 valence electrons. The first-order chi connectivity index (χ1) is 21.2. The molecule has 8 heteroatoms. The number of nitrogens with one attached hydrogen (secondary N) is 2. The Morgan fingerprint density at radius 2 is 1.68 bits per heavy atom.